The molecule has 0 spiro atoms. The molecule has 2 aliphatic rings. The fourth-order valence-electron chi connectivity index (χ4n) is 1.97. The molecule has 0 bridgehead atoms. The minimum Gasteiger partial charge on any atom is -0.362 e. The predicted molar refractivity (Wildman–Crippen MR) is 67.8 cm³/mol. The Balaban J connectivity index is 1.69. The summed E-state index contributed by atoms with van der Waals surface area (Å²) < 4.78 is 0. The Morgan fingerprint density at radius 3 is 2.94 bits per heavy atom. The van der Waals surface area contributed by atoms with Crippen molar-refractivity contribution in [1.82, 2.24) is 10.2 Å². The Morgan fingerprint density at radius 2 is 2.31 bits per heavy atom. The summed E-state index contributed by atoms with van der Waals surface area (Å²) in [5.41, 5.74) is 0. The Morgan fingerprint density at radius 1 is 1.56 bits per heavy atom. The number of hydrogen-bond acceptors (Lipinski definition) is 3. The van der Waals surface area contributed by atoms with E-state index in [2.05, 4.69) is 17.2 Å². The maximum atomic E-state index is 11.7. The normalized spacial score (nSPS) is 27.4. The van der Waals surface area contributed by atoms with Gasteiger partial charge in [-0.25, -0.2) is 0 Å². The number of likely N-dealkylation sites (tertiary alicyclic amines) is 1. The van der Waals surface area contributed by atoms with Gasteiger partial charge in [-0.15, -0.1) is 0 Å². The fraction of sp³-hybridized carbons (Fsp3) is 0.818. The Kier molecular flexibility index (Phi) is 4.09. The number of rotatable bonds is 3. The molecule has 1 N–H and O–H groups in total. The average Bonchev–Trinajstić information content (AvgIpc) is 2.89. The van der Waals surface area contributed by atoms with Crippen molar-refractivity contribution in [2.75, 3.05) is 25.4 Å². The van der Waals surface area contributed by atoms with Gasteiger partial charge in [0.05, 0.1) is 6.54 Å². The van der Waals surface area contributed by atoms with E-state index in [-0.39, 0.29) is 5.91 Å². The van der Waals surface area contributed by atoms with Gasteiger partial charge in [-0.05, 0) is 19.8 Å². The summed E-state index contributed by atoms with van der Waals surface area (Å²) in [6, 6.07) is 0.512. The van der Waals surface area contributed by atoms with Crippen LogP contribution in [0.2, 0.25) is 0 Å². The SMILES string of the molecule is CC1CSC(=NCCC(=O)N2CCCC2)N1. The van der Waals surface area contributed by atoms with E-state index in [1.807, 2.05) is 4.90 Å². The molecule has 90 valence electrons. The zero-order valence-corrected chi connectivity index (χ0v) is 10.6. The third kappa shape index (κ3) is 3.14. The topological polar surface area (TPSA) is 44.7 Å². The number of carbonyl (C=O) groups excluding carboxylic acids is 1. The Labute approximate surface area is 101 Å². The lowest BCUT2D eigenvalue weighted by atomic mass is 10.4. The van der Waals surface area contributed by atoms with Gasteiger partial charge in [-0.1, -0.05) is 11.8 Å². The van der Waals surface area contributed by atoms with Crippen LogP contribution in [0.25, 0.3) is 0 Å². The van der Waals surface area contributed by atoms with Crippen molar-refractivity contribution in [3.63, 3.8) is 0 Å². The molecular formula is C11H19N3OS. The summed E-state index contributed by atoms with van der Waals surface area (Å²) in [7, 11) is 0. The second-order valence-corrected chi connectivity index (χ2v) is 5.39. The van der Waals surface area contributed by atoms with Crippen LogP contribution >= 0.6 is 11.8 Å². The van der Waals surface area contributed by atoms with E-state index in [9.17, 15) is 4.79 Å². The highest BCUT2D eigenvalue weighted by atomic mass is 32.2. The molecule has 0 saturated carbocycles. The number of hydrogen-bond donors (Lipinski definition) is 1. The quantitative estimate of drug-likeness (QED) is 0.804. The van der Waals surface area contributed by atoms with Crippen molar-refractivity contribution in [2.45, 2.75) is 32.2 Å². The van der Waals surface area contributed by atoms with E-state index in [0.717, 1.165) is 36.9 Å². The molecule has 4 nitrogen and oxygen atoms in total. The summed E-state index contributed by atoms with van der Waals surface area (Å²) in [5.74, 6) is 1.34. The van der Waals surface area contributed by atoms with Crippen LogP contribution in [0.5, 0.6) is 0 Å². The van der Waals surface area contributed by atoms with Gasteiger partial charge in [-0.3, -0.25) is 9.79 Å². The molecule has 2 heterocycles. The third-order valence-corrected chi connectivity index (χ3v) is 4.07. The number of thioether (sulfide) groups is 1. The number of nitrogens with one attached hydrogen (secondary N) is 1. The summed E-state index contributed by atoms with van der Waals surface area (Å²) in [6.07, 6.45) is 2.88. The highest BCUT2D eigenvalue weighted by molar-refractivity contribution is 8.14. The minimum atomic E-state index is 0.262. The van der Waals surface area contributed by atoms with Crippen molar-refractivity contribution in [1.29, 1.82) is 0 Å². The van der Waals surface area contributed by atoms with Crippen molar-refractivity contribution in [3.05, 3.63) is 0 Å². The summed E-state index contributed by atoms with van der Waals surface area (Å²) in [6.45, 7) is 4.65. The molecule has 1 unspecified atom stereocenters. The van der Waals surface area contributed by atoms with Crippen LogP contribution in [0.15, 0.2) is 4.99 Å². The Hall–Kier alpha value is -0.710. The highest BCUT2D eigenvalue weighted by Crippen LogP contribution is 2.13. The second-order valence-electron chi connectivity index (χ2n) is 4.38. The molecule has 1 atom stereocenters. The molecule has 2 rings (SSSR count). The lowest BCUT2D eigenvalue weighted by Gasteiger charge is -2.14. The van der Waals surface area contributed by atoms with Crippen LogP contribution in [-0.2, 0) is 4.79 Å². The minimum absolute atomic E-state index is 0.262. The molecule has 0 radical (unpaired) electrons. The lowest BCUT2D eigenvalue weighted by molar-refractivity contribution is -0.129. The first kappa shape index (κ1) is 11.8. The van der Waals surface area contributed by atoms with E-state index in [1.54, 1.807) is 11.8 Å². The van der Waals surface area contributed by atoms with Gasteiger partial charge in [-0.2, -0.15) is 0 Å². The molecule has 2 fully saturated rings. The molecule has 0 aliphatic carbocycles. The molecular weight excluding hydrogens is 222 g/mol. The third-order valence-electron chi connectivity index (χ3n) is 2.88. The standard InChI is InChI=1S/C11H19N3OS/c1-9-8-16-11(13-9)12-5-4-10(15)14-6-2-3-7-14/h9H,2-8H2,1H3,(H,12,13). The molecule has 0 aromatic rings. The summed E-state index contributed by atoms with van der Waals surface area (Å²) >= 11 is 1.75. The van der Waals surface area contributed by atoms with E-state index < -0.39 is 0 Å². The van der Waals surface area contributed by atoms with Crippen molar-refractivity contribution >= 4 is 22.8 Å². The van der Waals surface area contributed by atoms with Crippen LogP contribution in [0, 0.1) is 0 Å². The lowest BCUT2D eigenvalue weighted by Crippen LogP contribution is -2.28. The van der Waals surface area contributed by atoms with Gasteiger partial charge in [0.25, 0.3) is 0 Å². The maximum absolute atomic E-state index is 11.7. The number of nitrogens with zero attached hydrogens (tertiary/aromatic N) is 2. The van der Waals surface area contributed by atoms with Crippen LogP contribution in [0.4, 0.5) is 0 Å². The molecule has 0 aromatic carbocycles. The molecule has 0 aromatic heterocycles. The first-order chi connectivity index (χ1) is 7.75. The monoisotopic (exact) mass is 241 g/mol. The van der Waals surface area contributed by atoms with E-state index >= 15 is 0 Å². The van der Waals surface area contributed by atoms with Crippen LogP contribution in [0.1, 0.15) is 26.2 Å². The van der Waals surface area contributed by atoms with E-state index in [0.29, 0.717) is 19.0 Å². The Bertz CT molecular complexity index is 287. The smallest absolute Gasteiger partial charge is 0.224 e. The van der Waals surface area contributed by atoms with Gasteiger partial charge in [0, 0.05) is 31.3 Å². The van der Waals surface area contributed by atoms with Crippen molar-refractivity contribution < 1.29 is 4.79 Å². The average molecular weight is 241 g/mol. The number of amides is 1. The van der Waals surface area contributed by atoms with Crippen molar-refractivity contribution in [2.24, 2.45) is 4.99 Å². The molecule has 5 heteroatoms. The van der Waals surface area contributed by atoms with Crippen LogP contribution in [-0.4, -0.2) is 47.4 Å². The second kappa shape index (κ2) is 5.57. The summed E-state index contributed by atoms with van der Waals surface area (Å²) in [5, 5.41) is 4.29. The van der Waals surface area contributed by atoms with E-state index in [4.69, 9.17) is 0 Å². The zero-order chi connectivity index (χ0) is 11.4. The number of amidine groups is 1. The number of aliphatic imine (C=N–C) groups is 1. The van der Waals surface area contributed by atoms with Crippen molar-refractivity contribution in [3.8, 4) is 0 Å². The first-order valence-corrected chi connectivity index (χ1v) is 6.96. The van der Waals surface area contributed by atoms with E-state index in [1.165, 1.54) is 0 Å². The fourth-order valence-corrected chi connectivity index (χ4v) is 2.93. The van der Waals surface area contributed by atoms with Crippen LogP contribution in [0.3, 0.4) is 0 Å². The molecule has 2 aliphatic heterocycles. The largest absolute Gasteiger partial charge is 0.362 e. The zero-order valence-electron chi connectivity index (χ0n) is 9.74. The first-order valence-electron chi connectivity index (χ1n) is 5.97. The maximum Gasteiger partial charge on any atom is 0.224 e. The van der Waals surface area contributed by atoms with Crippen LogP contribution < -0.4 is 5.32 Å². The summed E-state index contributed by atoms with van der Waals surface area (Å²) in [4.78, 5) is 18.1. The van der Waals surface area contributed by atoms with Gasteiger partial charge in [0.15, 0.2) is 5.17 Å². The molecule has 1 amide bonds. The molecule has 16 heavy (non-hydrogen) atoms. The van der Waals surface area contributed by atoms with Gasteiger partial charge in [0.1, 0.15) is 0 Å². The van der Waals surface area contributed by atoms with Gasteiger partial charge in [0.2, 0.25) is 5.91 Å². The number of carbonyl (C=O) groups is 1. The highest BCUT2D eigenvalue weighted by Gasteiger charge is 2.18. The van der Waals surface area contributed by atoms with Gasteiger partial charge < -0.3 is 10.2 Å². The van der Waals surface area contributed by atoms with Gasteiger partial charge >= 0.3 is 0 Å². The molecule has 2 saturated heterocycles. The predicted octanol–water partition coefficient (Wildman–Crippen LogP) is 1.08.